The molecule has 1 saturated carbocycles. The second-order valence-electron chi connectivity index (χ2n) is 4.85. The number of phenols is 1. The van der Waals surface area contributed by atoms with Crippen LogP contribution in [0, 0.1) is 0 Å². The molecule has 94 valence electrons. The van der Waals surface area contributed by atoms with Gasteiger partial charge in [-0.1, -0.05) is 12.1 Å². The van der Waals surface area contributed by atoms with Crippen LogP contribution in [0.3, 0.4) is 0 Å². The Morgan fingerprint density at radius 3 is 2.88 bits per heavy atom. The van der Waals surface area contributed by atoms with Crippen LogP contribution in [0.5, 0.6) is 5.75 Å². The van der Waals surface area contributed by atoms with Crippen LogP contribution >= 0.6 is 11.8 Å². The number of hydrogen-bond acceptors (Lipinski definition) is 3. The Morgan fingerprint density at radius 2 is 2.24 bits per heavy atom. The van der Waals surface area contributed by atoms with Crippen molar-refractivity contribution in [1.82, 2.24) is 5.32 Å². The maximum Gasteiger partial charge on any atom is 0.115 e. The van der Waals surface area contributed by atoms with E-state index >= 15 is 0 Å². The lowest BCUT2D eigenvalue weighted by atomic mass is 10.1. The molecule has 0 heterocycles. The summed E-state index contributed by atoms with van der Waals surface area (Å²) in [4.78, 5) is 0. The average molecular weight is 251 g/mol. The van der Waals surface area contributed by atoms with Gasteiger partial charge in [-0.2, -0.15) is 11.8 Å². The lowest BCUT2D eigenvalue weighted by Gasteiger charge is -2.20. The van der Waals surface area contributed by atoms with Gasteiger partial charge < -0.3 is 10.4 Å². The second kappa shape index (κ2) is 5.78. The van der Waals surface area contributed by atoms with Crippen molar-refractivity contribution in [1.29, 1.82) is 0 Å². The monoisotopic (exact) mass is 251 g/mol. The van der Waals surface area contributed by atoms with Gasteiger partial charge in [-0.25, -0.2) is 0 Å². The van der Waals surface area contributed by atoms with E-state index in [4.69, 9.17) is 0 Å². The van der Waals surface area contributed by atoms with Crippen molar-refractivity contribution in [3.63, 3.8) is 0 Å². The molecule has 3 atom stereocenters. The fourth-order valence-corrected chi connectivity index (χ4v) is 3.35. The van der Waals surface area contributed by atoms with Gasteiger partial charge in [-0.05, 0) is 50.1 Å². The molecule has 0 radical (unpaired) electrons. The Kier molecular flexibility index (Phi) is 4.35. The lowest BCUT2D eigenvalue weighted by molar-refractivity contribution is 0.453. The van der Waals surface area contributed by atoms with Crippen molar-refractivity contribution in [3.05, 3.63) is 29.8 Å². The zero-order valence-corrected chi connectivity index (χ0v) is 11.3. The van der Waals surface area contributed by atoms with E-state index in [0.717, 1.165) is 10.8 Å². The van der Waals surface area contributed by atoms with Gasteiger partial charge in [0.1, 0.15) is 5.75 Å². The zero-order valence-electron chi connectivity index (χ0n) is 10.5. The van der Waals surface area contributed by atoms with Gasteiger partial charge >= 0.3 is 0 Å². The van der Waals surface area contributed by atoms with Gasteiger partial charge in [0.25, 0.3) is 0 Å². The highest BCUT2D eigenvalue weighted by Crippen LogP contribution is 2.30. The largest absolute Gasteiger partial charge is 0.508 e. The van der Waals surface area contributed by atoms with E-state index in [2.05, 4.69) is 24.6 Å². The highest BCUT2D eigenvalue weighted by atomic mass is 32.2. The minimum absolute atomic E-state index is 0.313. The molecule has 1 aliphatic rings. The number of aromatic hydroxyl groups is 1. The maximum absolute atomic E-state index is 9.47. The fourth-order valence-electron chi connectivity index (χ4n) is 2.55. The molecule has 3 unspecified atom stereocenters. The Bertz CT molecular complexity index is 369. The van der Waals surface area contributed by atoms with Crippen LogP contribution in [0.25, 0.3) is 0 Å². The van der Waals surface area contributed by atoms with Crippen LogP contribution in [0.4, 0.5) is 0 Å². The number of phenolic OH excluding ortho intramolecular Hbond substituents is 1. The van der Waals surface area contributed by atoms with E-state index in [-0.39, 0.29) is 0 Å². The minimum atomic E-state index is 0.313. The van der Waals surface area contributed by atoms with Gasteiger partial charge in [0, 0.05) is 17.3 Å². The Balaban J connectivity index is 1.91. The summed E-state index contributed by atoms with van der Waals surface area (Å²) >= 11 is 1.98. The molecular weight excluding hydrogens is 230 g/mol. The maximum atomic E-state index is 9.47. The van der Waals surface area contributed by atoms with E-state index in [1.54, 1.807) is 6.07 Å². The summed E-state index contributed by atoms with van der Waals surface area (Å²) < 4.78 is 0. The second-order valence-corrected chi connectivity index (χ2v) is 5.99. The van der Waals surface area contributed by atoms with Crippen molar-refractivity contribution in [2.75, 3.05) is 6.26 Å². The van der Waals surface area contributed by atoms with Crippen molar-refractivity contribution in [2.24, 2.45) is 0 Å². The molecule has 1 aromatic rings. The standard InChI is InChI=1S/C14H21NOS/c1-10(11-4-3-5-13(16)8-11)15-12-6-7-14(9-12)17-2/h3-5,8,10,12,14-16H,6-7,9H2,1-2H3. The van der Waals surface area contributed by atoms with Crippen LogP contribution in [-0.2, 0) is 0 Å². The van der Waals surface area contributed by atoms with Crippen LogP contribution in [-0.4, -0.2) is 22.7 Å². The molecular formula is C14H21NOS. The van der Waals surface area contributed by atoms with Crippen LogP contribution in [0.1, 0.15) is 37.8 Å². The fraction of sp³-hybridized carbons (Fsp3) is 0.571. The topological polar surface area (TPSA) is 32.3 Å². The first-order valence-electron chi connectivity index (χ1n) is 6.27. The molecule has 17 heavy (non-hydrogen) atoms. The summed E-state index contributed by atoms with van der Waals surface area (Å²) in [6.07, 6.45) is 6.07. The van der Waals surface area contributed by atoms with E-state index < -0.39 is 0 Å². The Morgan fingerprint density at radius 1 is 1.41 bits per heavy atom. The molecule has 0 bridgehead atoms. The summed E-state index contributed by atoms with van der Waals surface area (Å²) in [7, 11) is 0. The molecule has 1 fully saturated rings. The molecule has 1 aromatic carbocycles. The molecule has 3 heteroatoms. The Labute approximate surface area is 108 Å². The summed E-state index contributed by atoms with van der Waals surface area (Å²) in [5.41, 5.74) is 1.16. The number of benzene rings is 1. The smallest absolute Gasteiger partial charge is 0.115 e. The van der Waals surface area contributed by atoms with Crippen LogP contribution in [0.15, 0.2) is 24.3 Å². The molecule has 2 rings (SSSR count). The molecule has 1 aliphatic carbocycles. The molecule has 2 nitrogen and oxygen atoms in total. The van der Waals surface area contributed by atoms with E-state index in [1.165, 1.54) is 19.3 Å². The van der Waals surface area contributed by atoms with Gasteiger partial charge in [0.05, 0.1) is 0 Å². The SMILES string of the molecule is CSC1CCC(NC(C)c2cccc(O)c2)C1. The van der Waals surface area contributed by atoms with Gasteiger partial charge in [0.15, 0.2) is 0 Å². The van der Waals surface area contributed by atoms with Crippen LogP contribution in [0.2, 0.25) is 0 Å². The first-order chi connectivity index (χ1) is 8.19. The summed E-state index contributed by atoms with van der Waals surface area (Å²) in [6, 6.07) is 8.48. The molecule has 0 aliphatic heterocycles. The summed E-state index contributed by atoms with van der Waals surface area (Å²) in [6.45, 7) is 2.17. The predicted molar refractivity (Wildman–Crippen MR) is 74.6 cm³/mol. The normalized spacial score (nSPS) is 26.0. The number of thioether (sulfide) groups is 1. The lowest BCUT2D eigenvalue weighted by Crippen LogP contribution is -2.29. The van der Waals surface area contributed by atoms with Gasteiger partial charge in [0.2, 0.25) is 0 Å². The number of hydrogen-bond donors (Lipinski definition) is 2. The van der Waals surface area contributed by atoms with Crippen LogP contribution < -0.4 is 5.32 Å². The first kappa shape index (κ1) is 12.8. The van der Waals surface area contributed by atoms with E-state index in [1.807, 2.05) is 23.9 Å². The van der Waals surface area contributed by atoms with Crippen molar-refractivity contribution in [3.8, 4) is 5.75 Å². The zero-order chi connectivity index (χ0) is 12.3. The molecule has 0 saturated heterocycles. The predicted octanol–water partition coefficient (Wildman–Crippen LogP) is 3.33. The summed E-state index contributed by atoms with van der Waals surface area (Å²) in [5, 5.41) is 14.0. The van der Waals surface area contributed by atoms with Crippen molar-refractivity contribution < 1.29 is 5.11 Å². The third-order valence-corrected chi connectivity index (χ3v) is 4.67. The first-order valence-corrected chi connectivity index (χ1v) is 7.55. The Hall–Kier alpha value is -0.670. The third kappa shape index (κ3) is 3.39. The third-order valence-electron chi connectivity index (χ3n) is 3.57. The van der Waals surface area contributed by atoms with Crippen molar-refractivity contribution in [2.45, 2.75) is 43.5 Å². The minimum Gasteiger partial charge on any atom is -0.508 e. The molecule has 0 aromatic heterocycles. The van der Waals surface area contributed by atoms with E-state index in [0.29, 0.717) is 17.8 Å². The highest BCUT2D eigenvalue weighted by Gasteiger charge is 2.24. The average Bonchev–Trinajstić information content (AvgIpc) is 2.77. The molecule has 0 spiro atoms. The van der Waals surface area contributed by atoms with Crippen molar-refractivity contribution >= 4 is 11.8 Å². The molecule has 2 N–H and O–H groups in total. The van der Waals surface area contributed by atoms with Gasteiger partial charge in [-0.15, -0.1) is 0 Å². The highest BCUT2D eigenvalue weighted by molar-refractivity contribution is 7.99. The number of rotatable bonds is 4. The van der Waals surface area contributed by atoms with Gasteiger partial charge in [-0.3, -0.25) is 0 Å². The quantitative estimate of drug-likeness (QED) is 0.861. The summed E-state index contributed by atoms with van der Waals surface area (Å²) in [5.74, 6) is 0.351. The molecule has 0 amide bonds. The number of nitrogens with one attached hydrogen (secondary N) is 1. The van der Waals surface area contributed by atoms with E-state index in [9.17, 15) is 5.11 Å².